The summed E-state index contributed by atoms with van der Waals surface area (Å²) in [5.41, 5.74) is 0.412. The number of aromatic amines is 1. The molecule has 0 saturated heterocycles. The standard InChI is InChI=1S/C20H14ClF2N3O2S/c21-13-6-2-1-4-10(13)9-29-20-25-18-16(19(28)26-20)12(8-15(27)24-18)11-5-3-7-14(22)17(11)23/h1-7,12H,8-9H2,(H2,24,25,26,27,28). The number of rotatable bonds is 4. The molecule has 148 valence electrons. The lowest BCUT2D eigenvalue weighted by atomic mass is 9.86. The SMILES string of the molecule is O=C1CC(c2cccc(F)c2F)c2c(nc(SCc3ccccc3Cl)[nH]c2=O)N1. The highest BCUT2D eigenvalue weighted by atomic mass is 35.5. The van der Waals surface area contributed by atoms with Crippen molar-refractivity contribution in [3.05, 3.63) is 86.2 Å². The van der Waals surface area contributed by atoms with Gasteiger partial charge in [-0.3, -0.25) is 9.59 Å². The van der Waals surface area contributed by atoms with Crippen molar-refractivity contribution in [1.82, 2.24) is 9.97 Å². The average Bonchev–Trinajstić information content (AvgIpc) is 2.68. The van der Waals surface area contributed by atoms with Crippen molar-refractivity contribution < 1.29 is 13.6 Å². The second-order valence-corrected chi connectivity index (χ2v) is 7.83. The number of hydrogen-bond donors (Lipinski definition) is 2. The second-order valence-electron chi connectivity index (χ2n) is 6.46. The van der Waals surface area contributed by atoms with Gasteiger partial charge >= 0.3 is 0 Å². The van der Waals surface area contributed by atoms with Gasteiger partial charge in [-0.25, -0.2) is 13.8 Å². The van der Waals surface area contributed by atoms with E-state index in [2.05, 4.69) is 15.3 Å². The van der Waals surface area contributed by atoms with Gasteiger partial charge in [-0.05, 0) is 23.3 Å². The van der Waals surface area contributed by atoms with Crippen LogP contribution in [-0.2, 0) is 10.5 Å². The van der Waals surface area contributed by atoms with Crippen LogP contribution in [0.4, 0.5) is 14.6 Å². The molecule has 2 heterocycles. The normalized spacial score (nSPS) is 15.7. The number of carbonyl (C=O) groups is 1. The molecule has 3 aromatic rings. The Morgan fingerprint density at radius 3 is 2.72 bits per heavy atom. The monoisotopic (exact) mass is 433 g/mol. The maximum absolute atomic E-state index is 14.3. The molecular formula is C20H14ClF2N3O2S. The number of halogens is 3. The fourth-order valence-electron chi connectivity index (χ4n) is 3.24. The molecule has 1 amide bonds. The number of nitrogens with zero attached hydrogens (tertiary/aromatic N) is 1. The Morgan fingerprint density at radius 1 is 1.14 bits per heavy atom. The molecule has 1 atom stereocenters. The van der Waals surface area contributed by atoms with Gasteiger partial charge in [0.1, 0.15) is 5.82 Å². The quantitative estimate of drug-likeness (QED) is 0.470. The molecule has 29 heavy (non-hydrogen) atoms. The maximum Gasteiger partial charge on any atom is 0.257 e. The lowest BCUT2D eigenvalue weighted by Gasteiger charge is -2.24. The first-order valence-corrected chi connectivity index (χ1v) is 10.0. The number of benzene rings is 2. The Labute approximate surface area is 173 Å². The highest BCUT2D eigenvalue weighted by Gasteiger charge is 2.33. The van der Waals surface area contributed by atoms with E-state index in [1.54, 1.807) is 6.07 Å². The van der Waals surface area contributed by atoms with Gasteiger partial charge in [-0.1, -0.05) is 53.7 Å². The molecular weight excluding hydrogens is 420 g/mol. The van der Waals surface area contributed by atoms with Crippen molar-refractivity contribution in [2.45, 2.75) is 23.2 Å². The van der Waals surface area contributed by atoms with Crippen molar-refractivity contribution in [2.24, 2.45) is 0 Å². The topological polar surface area (TPSA) is 74.8 Å². The molecule has 1 aliphatic rings. The first kappa shape index (κ1) is 19.6. The zero-order chi connectivity index (χ0) is 20.5. The van der Waals surface area contributed by atoms with E-state index >= 15 is 0 Å². The first-order chi connectivity index (χ1) is 13.9. The Kier molecular flexibility index (Phi) is 5.38. The molecule has 0 aliphatic carbocycles. The second kappa shape index (κ2) is 7.96. The summed E-state index contributed by atoms with van der Waals surface area (Å²) in [6.07, 6.45) is -0.176. The molecule has 5 nitrogen and oxygen atoms in total. The molecule has 0 bridgehead atoms. The predicted octanol–water partition coefficient (Wildman–Crippen LogP) is 4.47. The van der Waals surface area contributed by atoms with Crippen LogP contribution in [0.5, 0.6) is 0 Å². The van der Waals surface area contributed by atoms with Crippen LogP contribution in [-0.4, -0.2) is 15.9 Å². The number of aromatic nitrogens is 2. The summed E-state index contributed by atoms with van der Waals surface area (Å²) in [4.78, 5) is 31.9. The largest absolute Gasteiger partial charge is 0.310 e. The zero-order valence-corrected chi connectivity index (χ0v) is 16.4. The maximum atomic E-state index is 14.3. The molecule has 1 aliphatic heterocycles. The fraction of sp³-hybridized carbons (Fsp3) is 0.150. The zero-order valence-electron chi connectivity index (χ0n) is 14.8. The summed E-state index contributed by atoms with van der Waals surface area (Å²) in [6, 6.07) is 11.0. The van der Waals surface area contributed by atoms with Crippen molar-refractivity contribution in [1.29, 1.82) is 0 Å². The number of fused-ring (bicyclic) bond motifs is 1. The van der Waals surface area contributed by atoms with Gasteiger partial charge in [0.25, 0.3) is 5.56 Å². The lowest BCUT2D eigenvalue weighted by Crippen LogP contribution is -2.31. The Hall–Kier alpha value is -2.71. The predicted molar refractivity (Wildman–Crippen MR) is 107 cm³/mol. The molecule has 2 aromatic carbocycles. The summed E-state index contributed by atoms with van der Waals surface area (Å²) >= 11 is 7.38. The van der Waals surface area contributed by atoms with Crippen LogP contribution >= 0.6 is 23.4 Å². The molecule has 9 heteroatoms. The van der Waals surface area contributed by atoms with Gasteiger partial charge in [-0.2, -0.15) is 0 Å². The van der Waals surface area contributed by atoms with Crippen molar-refractivity contribution in [3.63, 3.8) is 0 Å². The van der Waals surface area contributed by atoms with Gasteiger partial charge in [0.2, 0.25) is 5.91 Å². The van der Waals surface area contributed by atoms with Crippen LogP contribution in [0.2, 0.25) is 5.02 Å². The number of thioether (sulfide) groups is 1. The van der Waals surface area contributed by atoms with E-state index in [0.29, 0.717) is 10.8 Å². The van der Waals surface area contributed by atoms with Crippen molar-refractivity contribution in [2.75, 3.05) is 5.32 Å². The third-order valence-corrected chi connectivity index (χ3v) is 5.90. The third kappa shape index (κ3) is 3.90. The van der Waals surface area contributed by atoms with Gasteiger partial charge in [0.15, 0.2) is 16.8 Å². The Bertz CT molecular complexity index is 1170. The van der Waals surface area contributed by atoms with E-state index in [4.69, 9.17) is 11.6 Å². The minimum Gasteiger partial charge on any atom is -0.310 e. The van der Waals surface area contributed by atoms with Gasteiger partial charge < -0.3 is 10.3 Å². The number of H-pyrrole nitrogens is 1. The minimum atomic E-state index is -1.07. The average molecular weight is 434 g/mol. The lowest BCUT2D eigenvalue weighted by molar-refractivity contribution is -0.116. The number of hydrogen-bond acceptors (Lipinski definition) is 4. The van der Waals surface area contributed by atoms with Gasteiger partial charge in [0.05, 0.1) is 5.56 Å². The number of nitrogens with one attached hydrogen (secondary N) is 2. The number of anilines is 1. The Morgan fingerprint density at radius 2 is 1.93 bits per heavy atom. The van der Waals surface area contributed by atoms with Crippen LogP contribution in [0, 0.1) is 11.6 Å². The highest BCUT2D eigenvalue weighted by molar-refractivity contribution is 7.98. The summed E-state index contributed by atoms with van der Waals surface area (Å²) in [6.45, 7) is 0. The molecule has 1 aromatic heterocycles. The van der Waals surface area contributed by atoms with Crippen molar-refractivity contribution in [3.8, 4) is 0 Å². The number of amides is 1. The molecule has 2 N–H and O–H groups in total. The summed E-state index contributed by atoms with van der Waals surface area (Å²) in [7, 11) is 0. The van der Waals surface area contributed by atoms with Crippen molar-refractivity contribution >= 4 is 35.1 Å². The van der Waals surface area contributed by atoms with Crippen LogP contribution in [0.3, 0.4) is 0 Å². The highest BCUT2D eigenvalue weighted by Crippen LogP contribution is 2.36. The van der Waals surface area contributed by atoms with Gasteiger partial charge in [-0.15, -0.1) is 0 Å². The van der Waals surface area contributed by atoms with E-state index in [0.717, 1.165) is 11.6 Å². The summed E-state index contributed by atoms with van der Waals surface area (Å²) < 4.78 is 28.0. The molecule has 4 rings (SSSR count). The smallest absolute Gasteiger partial charge is 0.257 e. The van der Waals surface area contributed by atoms with Crippen LogP contribution in [0.15, 0.2) is 52.4 Å². The van der Waals surface area contributed by atoms with Gasteiger partial charge in [0, 0.05) is 23.1 Å². The van der Waals surface area contributed by atoms with E-state index in [1.165, 1.54) is 23.9 Å². The third-order valence-electron chi connectivity index (χ3n) is 4.61. The van der Waals surface area contributed by atoms with E-state index in [9.17, 15) is 18.4 Å². The summed E-state index contributed by atoms with van der Waals surface area (Å²) in [5.74, 6) is -2.95. The molecule has 0 spiro atoms. The van der Waals surface area contributed by atoms with E-state index in [1.807, 2.05) is 18.2 Å². The van der Waals surface area contributed by atoms with E-state index < -0.39 is 29.0 Å². The van der Waals surface area contributed by atoms with Crippen LogP contribution in [0.25, 0.3) is 0 Å². The molecule has 0 fully saturated rings. The molecule has 1 unspecified atom stereocenters. The fourth-order valence-corrected chi connectivity index (χ4v) is 4.38. The first-order valence-electron chi connectivity index (χ1n) is 8.68. The van der Waals surface area contributed by atoms with Crippen LogP contribution in [0.1, 0.15) is 29.0 Å². The van der Waals surface area contributed by atoms with E-state index in [-0.39, 0.29) is 28.5 Å². The molecule has 0 saturated carbocycles. The number of carbonyl (C=O) groups excluding carboxylic acids is 1. The van der Waals surface area contributed by atoms with Crippen LogP contribution < -0.4 is 10.9 Å². The minimum absolute atomic E-state index is 0.0510. The summed E-state index contributed by atoms with van der Waals surface area (Å²) in [5, 5.41) is 3.44. The Balaban J connectivity index is 1.70. The molecule has 0 radical (unpaired) electrons.